The lowest BCUT2D eigenvalue weighted by Gasteiger charge is -1.91. The molecule has 0 aromatic carbocycles. The van der Waals surface area contributed by atoms with Gasteiger partial charge in [0.15, 0.2) is 18.3 Å². The summed E-state index contributed by atoms with van der Waals surface area (Å²) in [7, 11) is 1.98. The van der Waals surface area contributed by atoms with Crippen LogP contribution in [-0.4, -0.2) is 4.98 Å². The van der Waals surface area contributed by atoms with E-state index in [0.29, 0.717) is 5.89 Å². The average Bonchev–Trinajstić information content (AvgIpc) is 2.52. The van der Waals surface area contributed by atoms with E-state index >= 15 is 0 Å². The minimum absolute atomic E-state index is 0. The molecule has 74 valence electrons. The second-order valence-electron chi connectivity index (χ2n) is 3.01. The van der Waals surface area contributed by atoms with Crippen LogP contribution in [0.5, 0.6) is 0 Å². The molecule has 2 rings (SSSR count). The van der Waals surface area contributed by atoms with Crippen LogP contribution in [0.4, 0.5) is 0 Å². The van der Waals surface area contributed by atoms with Crippen molar-refractivity contribution in [3.05, 3.63) is 36.7 Å². The number of pyridine rings is 1. The minimum Gasteiger partial charge on any atom is -1.00 e. The molecule has 0 spiro atoms. The maximum atomic E-state index is 5.14. The third-order valence-electron chi connectivity index (χ3n) is 1.85. The van der Waals surface area contributed by atoms with Crippen LogP contribution in [0.15, 0.2) is 35.2 Å². The van der Waals surface area contributed by atoms with Gasteiger partial charge in [-0.3, -0.25) is 0 Å². The summed E-state index contributed by atoms with van der Waals surface area (Å²) >= 11 is 0. The molecule has 0 fully saturated rings. The predicted octanol–water partition coefficient (Wildman–Crippen LogP) is -1.52. The topological polar surface area (TPSA) is 29.9 Å². The van der Waals surface area contributed by atoms with Crippen molar-refractivity contribution in [2.45, 2.75) is 6.92 Å². The van der Waals surface area contributed by atoms with Crippen molar-refractivity contribution in [3.63, 3.8) is 0 Å². The van der Waals surface area contributed by atoms with Crippen molar-refractivity contribution in [1.82, 2.24) is 4.98 Å². The van der Waals surface area contributed by atoms with Crippen molar-refractivity contribution in [2.24, 2.45) is 7.05 Å². The molecule has 2 aromatic heterocycles. The molecular formula is C10H11IN2O. The van der Waals surface area contributed by atoms with Crippen molar-refractivity contribution in [2.75, 3.05) is 0 Å². The van der Waals surface area contributed by atoms with Crippen LogP contribution in [0.25, 0.3) is 11.3 Å². The van der Waals surface area contributed by atoms with Crippen LogP contribution < -0.4 is 28.5 Å². The number of nitrogens with zero attached hydrogens (tertiary/aromatic N) is 2. The Bertz CT molecular complexity index is 426. The van der Waals surface area contributed by atoms with E-state index in [1.165, 1.54) is 0 Å². The van der Waals surface area contributed by atoms with E-state index in [-0.39, 0.29) is 24.0 Å². The molecule has 4 heteroatoms. The molecule has 0 aliphatic rings. The fraction of sp³-hybridized carbons (Fsp3) is 0.200. The van der Waals surface area contributed by atoms with Gasteiger partial charge >= 0.3 is 0 Å². The molecule has 0 N–H and O–H groups in total. The summed E-state index contributed by atoms with van der Waals surface area (Å²) in [5.41, 5.74) is 1.95. The zero-order chi connectivity index (χ0) is 9.26. The highest BCUT2D eigenvalue weighted by Gasteiger charge is 2.05. The Morgan fingerprint density at radius 2 is 2.21 bits per heavy atom. The molecule has 0 bridgehead atoms. The number of hydrogen-bond donors (Lipinski definition) is 0. The first-order chi connectivity index (χ1) is 6.25. The van der Waals surface area contributed by atoms with Gasteiger partial charge < -0.3 is 28.4 Å². The van der Waals surface area contributed by atoms with Gasteiger partial charge in [-0.1, -0.05) is 0 Å². The molecule has 0 aliphatic carbocycles. The van der Waals surface area contributed by atoms with E-state index in [2.05, 4.69) is 4.98 Å². The van der Waals surface area contributed by atoms with E-state index in [4.69, 9.17) is 4.42 Å². The Balaban J connectivity index is 0.000000980. The normalized spacial score (nSPS) is 9.57. The second kappa shape index (κ2) is 4.54. The fourth-order valence-corrected chi connectivity index (χ4v) is 1.24. The molecule has 0 saturated heterocycles. The molecule has 0 aliphatic heterocycles. The minimum atomic E-state index is 0. The molecular weight excluding hydrogens is 291 g/mol. The molecule has 2 heterocycles. The Morgan fingerprint density at radius 3 is 2.79 bits per heavy atom. The maximum absolute atomic E-state index is 5.14. The molecule has 0 amide bonds. The van der Waals surface area contributed by atoms with Gasteiger partial charge in [-0.05, 0) is 6.07 Å². The zero-order valence-electron chi connectivity index (χ0n) is 8.07. The van der Waals surface area contributed by atoms with Gasteiger partial charge in [0.1, 0.15) is 19.0 Å². The number of halogens is 1. The summed E-state index contributed by atoms with van der Waals surface area (Å²) in [5.74, 6) is 0.696. The van der Waals surface area contributed by atoms with E-state index in [9.17, 15) is 0 Å². The smallest absolute Gasteiger partial charge is 0.191 e. The summed E-state index contributed by atoms with van der Waals surface area (Å²) in [5, 5.41) is 0. The van der Waals surface area contributed by atoms with Crippen LogP contribution >= 0.6 is 0 Å². The highest BCUT2D eigenvalue weighted by Crippen LogP contribution is 2.15. The van der Waals surface area contributed by atoms with Crippen molar-refractivity contribution in [3.8, 4) is 11.3 Å². The highest BCUT2D eigenvalue weighted by molar-refractivity contribution is 5.55. The molecule has 3 nitrogen and oxygen atoms in total. The van der Waals surface area contributed by atoms with E-state index in [1.807, 2.05) is 43.1 Å². The molecule has 0 radical (unpaired) electrons. The first-order valence-electron chi connectivity index (χ1n) is 4.13. The van der Waals surface area contributed by atoms with Gasteiger partial charge in [-0.25, -0.2) is 9.55 Å². The second-order valence-corrected chi connectivity index (χ2v) is 3.01. The van der Waals surface area contributed by atoms with Crippen LogP contribution in [0.2, 0.25) is 0 Å². The Hall–Kier alpha value is -0.910. The number of aromatic nitrogens is 2. The molecule has 0 atom stereocenters. The highest BCUT2D eigenvalue weighted by atomic mass is 127. The predicted molar refractivity (Wildman–Crippen MR) is 47.9 cm³/mol. The number of aryl methyl sites for hydroxylation is 2. The van der Waals surface area contributed by atoms with Gasteiger partial charge in [-0.2, -0.15) is 0 Å². The molecule has 0 unspecified atom stereocenters. The standard InChI is InChI=1S/C10H11N2O.HI/c1-8-11-10(7-13-8)9-4-3-5-12(2)6-9;/h3-7H,1-2H3;1H/q+1;/p-1. The quantitative estimate of drug-likeness (QED) is 0.473. The largest absolute Gasteiger partial charge is 1.00 e. The number of oxazole rings is 1. The van der Waals surface area contributed by atoms with Gasteiger partial charge in [0.05, 0.1) is 5.56 Å². The summed E-state index contributed by atoms with van der Waals surface area (Å²) < 4.78 is 7.12. The third-order valence-corrected chi connectivity index (χ3v) is 1.85. The molecule has 14 heavy (non-hydrogen) atoms. The lowest BCUT2D eigenvalue weighted by molar-refractivity contribution is -0.671. The Morgan fingerprint density at radius 1 is 1.43 bits per heavy atom. The maximum Gasteiger partial charge on any atom is 0.191 e. The van der Waals surface area contributed by atoms with Gasteiger partial charge in [0.25, 0.3) is 0 Å². The van der Waals surface area contributed by atoms with E-state index in [0.717, 1.165) is 11.3 Å². The molecule has 0 saturated carbocycles. The summed E-state index contributed by atoms with van der Waals surface area (Å²) in [6.07, 6.45) is 5.67. The lowest BCUT2D eigenvalue weighted by atomic mass is 10.2. The van der Waals surface area contributed by atoms with Crippen LogP contribution in [0, 0.1) is 6.92 Å². The van der Waals surface area contributed by atoms with Crippen molar-refractivity contribution in [1.29, 1.82) is 0 Å². The van der Waals surface area contributed by atoms with Gasteiger partial charge in [-0.15, -0.1) is 0 Å². The molecule has 2 aromatic rings. The monoisotopic (exact) mass is 302 g/mol. The van der Waals surface area contributed by atoms with Gasteiger partial charge in [0.2, 0.25) is 0 Å². The fourth-order valence-electron chi connectivity index (χ4n) is 1.24. The zero-order valence-corrected chi connectivity index (χ0v) is 10.2. The third kappa shape index (κ3) is 2.31. The SMILES string of the molecule is Cc1nc(-c2ccc[n+](C)c2)co1.[I-]. The van der Waals surface area contributed by atoms with Crippen molar-refractivity contribution >= 4 is 0 Å². The summed E-state index contributed by atoms with van der Waals surface area (Å²) in [6, 6.07) is 4.00. The average molecular weight is 302 g/mol. The van der Waals surface area contributed by atoms with Crippen LogP contribution in [0.3, 0.4) is 0 Å². The number of hydrogen-bond acceptors (Lipinski definition) is 2. The first-order valence-corrected chi connectivity index (χ1v) is 4.13. The number of rotatable bonds is 1. The van der Waals surface area contributed by atoms with E-state index in [1.54, 1.807) is 6.26 Å². The van der Waals surface area contributed by atoms with Crippen LogP contribution in [0.1, 0.15) is 5.89 Å². The summed E-state index contributed by atoms with van der Waals surface area (Å²) in [6.45, 7) is 1.84. The van der Waals surface area contributed by atoms with E-state index < -0.39 is 0 Å². The summed E-state index contributed by atoms with van der Waals surface area (Å²) in [4.78, 5) is 4.24. The van der Waals surface area contributed by atoms with Gasteiger partial charge in [0, 0.05) is 13.0 Å². The first kappa shape index (κ1) is 11.2. The Labute approximate surface area is 99.8 Å². The Kier molecular flexibility index (Phi) is 3.62. The van der Waals surface area contributed by atoms with Crippen LogP contribution in [-0.2, 0) is 7.05 Å². The lowest BCUT2D eigenvalue weighted by Crippen LogP contribution is -3.00. The van der Waals surface area contributed by atoms with Crippen molar-refractivity contribution < 1.29 is 33.0 Å².